The van der Waals surface area contributed by atoms with Gasteiger partial charge in [-0.25, -0.2) is 0 Å². The molecule has 2 rings (SSSR count). The van der Waals surface area contributed by atoms with Gasteiger partial charge in [0.25, 0.3) is 5.91 Å². The first-order chi connectivity index (χ1) is 8.58. The largest absolute Gasteiger partial charge is 0.491 e. The van der Waals surface area contributed by atoms with E-state index >= 15 is 0 Å². The molecule has 1 aromatic rings. The van der Waals surface area contributed by atoms with Crippen molar-refractivity contribution in [1.29, 1.82) is 0 Å². The molecule has 2 N–H and O–H groups in total. The highest BCUT2D eigenvalue weighted by atomic mass is 16.5. The van der Waals surface area contributed by atoms with Crippen molar-refractivity contribution < 1.29 is 14.5 Å². The van der Waals surface area contributed by atoms with Gasteiger partial charge in [-0.05, 0) is 35.5 Å². The number of hydrogen-bond donors (Lipinski definition) is 2. The Labute approximate surface area is 107 Å². The molecule has 5 heteroatoms. The number of carbonyl (C=O) groups excluding carboxylic acids is 1. The molecule has 96 valence electrons. The monoisotopic (exact) mass is 247 g/mol. The van der Waals surface area contributed by atoms with Crippen molar-refractivity contribution in [3.05, 3.63) is 29.3 Å². The van der Waals surface area contributed by atoms with Gasteiger partial charge in [-0.2, -0.15) is 0 Å². The fourth-order valence-corrected chi connectivity index (χ4v) is 1.93. The Morgan fingerprint density at radius 2 is 2.33 bits per heavy atom. The number of fused-ring (bicyclic) bond motifs is 1. The second kappa shape index (κ2) is 5.54. The Morgan fingerprint density at radius 1 is 1.56 bits per heavy atom. The molecular formula is C13H18BNO3. The van der Waals surface area contributed by atoms with Gasteiger partial charge in [0.1, 0.15) is 0 Å². The Kier molecular flexibility index (Phi) is 4.04. The fraction of sp³-hybridized carbons (Fsp3) is 0.462. The zero-order chi connectivity index (χ0) is 13.1. The highest BCUT2D eigenvalue weighted by Crippen LogP contribution is 2.11. The molecule has 4 nitrogen and oxygen atoms in total. The molecule has 0 unspecified atom stereocenters. The van der Waals surface area contributed by atoms with E-state index in [4.69, 9.17) is 4.65 Å². The van der Waals surface area contributed by atoms with Gasteiger partial charge in [-0.15, -0.1) is 0 Å². The molecule has 1 aromatic carbocycles. The van der Waals surface area contributed by atoms with E-state index in [0.29, 0.717) is 30.1 Å². The third-order valence-corrected chi connectivity index (χ3v) is 3.08. The number of benzene rings is 1. The zero-order valence-corrected chi connectivity index (χ0v) is 10.8. The number of amides is 1. The third-order valence-electron chi connectivity index (χ3n) is 3.08. The van der Waals surface area contributed by atoms with E-state index in [2.05, 4.69) is 19.2 Å². The van der Waals surface area contributed by atoms with E-state index in [-0.39, 0.29) is 5.91 Å². The molecule has 0 aliphatic carbocycles. The first-order valence-corrected chi connectivity index (χ1v) is 6.28. The molecular weight excluding hydrogens is 229 g/mol. The molecule has 0 saturated heterocycles. The quantitative estimate of drug-likeness (QED) is 0.769. The van der Waals surface area contributed by atoms with Gasteiger partial charge in [-0.1, -0.05) is 19.9 Å². The van der Waals surface area contributed by atoms with E-state index in [1.807, 2.05) is 6.07 Å². The topological polar surface area (TPSA) is 58.6 Å². The molecule has 0 aromatic heterocycles. The summed E-state index contributed by atoms with van der Waals surface area (Å²) < 4.78 is 5.09. The minimum Gasteiger partial charge on any atom is -0.423 e. The van der Waals surface area contributed by atoms with Crippen LogP contribution in [0.25, 0.3) is 0 Å². The summed E-state index contributed by atoms with van der Waals surface area (Å²) in [5, 5.41) is 12.5. The summed E-state index contributed by atoms with van der Waals surface area (Å²) in [6, 6.07) is 5.31. The molecule has 0 bridgehead atoms. The van der Waals surface area contributed by atoms with Crippen LogP contribution in [0.1, 0.15) is 36.2 Å². The van der Waals surface area contributed by atoms with Crippen molar-refractivity contribution in [3.63, 3.8) is 0 Å². The van der Waals surface area contributed by atoms with Crippen molar-refractivity contribution in [1.82, 2.24) is 5.32 Å². The molecule has 1 amide bonds. The van der Waals surface area contributed by atoms with Gasteiger partial charge in [0.2, 0.25) is 0 Å². The van der Waals surface area contributed by atoms with Crippen molar-refractivity contribution in [2.45, 2.75) is 26.9 Å². The molecule has 0 saturated carbocycles. The summed E-state index contributed by atoms with van der Waals surface area (Å²) in [5.41, 5.74) is 2.22. The molecule has 1 aliphatic rings. The summed E-state index contributed by atoms with van der Waals surface area (Å²) in [6.07, 6.45) is 0.961. The maximum absolute atomic E-state index is 11.9. The normalized spacial score (nSPS) is 13.9. The third kappa shape index (κ3) is 2.92. The summed E-state index contributed by atoms with van der Waals surface area (Å²) in [4.78, 5) is 11.9. The summed E-state index contributed by atoms with van der Waals surface area (Å²) in [6.45, 7) is 5.32. The van der Waals surface area contributed by atoms with Crippen molar-refractivity contribution in [3.8, 4) is 0 Å². The number of rotatable bonds is 4. The average Bonchev–Trinajstić information content (AvgIpc) is 2.70. The van der Waals surface area contributed by atoms with Crippen molar-refractivity contribution in [2.24, 2.45) is 5.92 Å². The minimum atomic E-state index is -0.900. The van der Waals surface area contributed by atoms with Gasteiger partial charge in [0.05, 0.1) is 6.61 Å². The molecule has 1 heterocycles. The first kappa shape index (κ1) is 13.1. The Bertz CT molecular complexity index is 448. The van der Waals surface area contributed by atoms with Gasteiger partial charge in [0, 0.05) is 12.1 Å². The molecule has 0 atom stereocenters. The van der Waals surface area contributed by atoms with Crippen molar-refractivity contribution in [2.75, 3.05) is 6.54 Å². The highest BCUT2D eigenvalue weighted by Gasteiger charge is 2.27. The van der Waals surface area contributed by atoms with Crippen LogP contribution in [0.15, 0.2) is 18.2 Å². The molecule has 18 heavy (non-hydrogen) atoms. The zero-order valence-electron chi connectivity index (χ0n) is 10.8. The molecule has 0 radical (unpaired) electrons. The predicted octanol–water partition coefficient (Wildman–Crippen LogP) is 0.680. The lowest BCUT2D eigenvalue weighted by Crippen LogP contribution is -2.31. The first-order valence-electron chi connectivity index (χ1n) is 6.28. The van der Waals surface area contributed by atoms with E-state index in [1.165, 1.54) is 0 Å². The van der Waals surface area contributed by atoms with E-state index < -0.39 is 7.12 Å². The van der Waals surface area contributed by atoms with E-state index in [0.717, 1.165) is 12.0 Å². The van der Waals surface area contributed by atoms with Gasteiger partial charge in [-0.3, -0.25) is 4.79 Å². The molecule has 0 spiro atoms. The lowest BCUT2D eigenvalue weighted by atomic mass is 9.79. The maximum atomic E-state index is 11.9. The van der Waals surface area contributed by atoms with Crippen molar-refractivity contribution >= 4 is 18.5 Å². The van der Waals surface area contributed by atoms with Crippen LogP contribution in [0.5, 0.6) is 0 Å². The molecule has 1 aliphatic heterocycles. The highest BCUT2D eigenvalue weighted by molar-refractivity contribution is 6.61. The van der Waals surface area contributed by atoms with Crippen LogP contribution in [0.3, 0.4) is 0 Å². The number of carbonyl (C=O) groups is 1. The number of hydrogen-bond acceptors (Lipinski definition) is 3. The summed E-state index contributed by atoms with van der Waals surface area (Å²) in [7, 11) is -0.900. The average molecular weight is 247 g/mol. The standard InChI is InChI=1S/C13H18BNO3/c1-9(2)5-6-15-13(16)10-3-4-11-8-18-14(17)12(11)7-10/h3-4,7,9,17H,5-6,8H2,1-2H3,(H,15,16). The van der Waals surface area contributed by atoms with E-state index in [9.17, 15) is 9.82 Å². The van der Waals surface area contributed by atoms with Crippen LogP contribution in [-0.2, 0) is 11.3 Å². The number of nitrogens with one attached hydrogen (secondary N) is 1. The van der Waals surface area contributed by atoms with Gasteiger partial charge >= 0.3 is 7.12 Å². The lowest BCUT2D eigenvalue weighted by Gasteiger charge is -2.08. The van der Waals surface area contributed by atoms with Crippen LogP contribution in [0.2, 0.25) is 0 Å². The van der Waals surface area contributed by atoms with Crippen LogP contribution in [-0.4, -0.2) is 24.6 Å². The smallest absolute Gasteiger partial charge is 0.423 e. The lowest BCUT2D eigenvalue weighted by molar-refractivity contribution is 0.0952. The Hall–Kier alpha value is -1.33. The maximum Gasteiger partial charge on any atom is 0.491 e. The van der Waals surface area contributed by atoms with Crippen LogP contribution in [0.4, 0.5) is 0 Å². The predicted molar refractivity (Wildman–Crippen MR) is 70.6 cm³/mol. The van der Waals surface area contributed by atoms with Gasteiger partial charge in [0.15, 0.2) is 0 Å². The van der Waals surface area contributed by atoms with Crippen LogP contribution in [0, 0.1) is 5.92 Å². The Balaban J connectivity index is 2.01. The minimum absolute atomic E-state index is 0.0995. The SMILES string of the molecule is CC(C)CCNC(=O)c1ccc2c(c1)B(O)OC2. The second-order valence-corrected chi connectivity index (χ2v) is 5.02. The molecule has 0 fully saturated rings. The van der Waals surface area contributed by atoms with E-state index in [1.54, 1.807) is 12.1 Å². The summed E-state index contributed by atoms with van der Waals surface area (Å²) in [5.74, 6) is 0.470. The van der Waals surface area contributed by atoms with Crippen LogP contribution >= 0.6 is 0 Å². The van der Waals surface area contributed by atoms with Crippen LogP contribution < -0.4 is 10.8 Å². The summed E-state index contributed by atoms with van der Waals surface area (Å²) >= 11 is 0. The fourth-order valence-electron chi connectivity index (χ4n) is 1.93. The Morgan fingerprint density at radius 3 is 3.06 bits per heavy atom. The second-order valence-electron chi connectivity index (χ2n) is 5.02. The van der Waals surface area contributed by atoms with Gasteiger partial charge < -0.3 is 15.0 Å².